The van der Waals surface area contributed by atoms with Gasteiger partial charge >= 0.3 is 0 Å². The first-order chi connectivity index (χ1) is 5.83. The summed E-state index contributed by atoms with van der Waals surface area (Å²) in [6, 6.07) is 0. The van der Waals surface area contributed by atoms with Crippen LogP contribution in [-0.2, 0) is 6.54 Å². The number of rotatable bonds is 5. The van der Waals surface area contributed by atoms with E-state index in [1.807, 2.05) is 12.5 Å². The minimum atomic E-state index is 1.01. The van der Waals surface area contributed by atoms with Crippen molar-refractivity contribution in [1.82, 2.24) is 14.9 Å². The van der Waals surface area contributed by atoms with Crippen molar-refractivity contribution in [3.63, 3.8) is 0 Å². The summed E-state index contributed by atoms with van der Waals surface area (Å²) < 4.78 is 3.16. The Balaban J connectivity index is 2.15. The number of nitrogens with one attached hydrogen (secondary N) is 1. The van der Waals surface area contributed by atoms with Crippen LogP contribution in [-0.4, -0.2) is 22.6 Å². The fourth-order valence-corrected chi connectivity index (χ4v) is 1.45. The van der Waals surface area contributed by atoms with E-state index < -0.39 is 0 Å². The summed E-state index contributed by atoms with van der Waals surface area (Å²) in [5.74, 6) is 0. The van der Waals surface area contributed by atoms with E-state index in [-0.39, 0.29) is 0 Å². The molecule has 0 saturated heterocycles. The molecule has 0 atom stereocenters. The molecule has 0 fully saturated rings. The van der Waals surface area contributed by atoms with Crippen molar-refractivity contribution in [3.8, 4) is 0 Å². The third kappa shape index (κ3) is 3.53. The summed E-state index contributed by atoms with van der Waals surface area (Å²) in [6.07, 6.45) is 5.12. The molecule has 68 valence electrons. The Kier molecular flexibility index (Phi) is 4.60. The summed E-state index contributed by atoms with van der Waals surface area (Å²) in [6.45, 7) is 5.31. The van der Waals surface area contributed by atoms with Crippen LogP contribution in [0, 0.1) is 3.70 Å². The number of nitrogens with zero attached hydrogens (tertiary/aromatic N) is 2. The van der Waals surface area contributed by atoms with Crippen molar-refractivity contribution in [1.29, 1.82) is 0 Å². The number of aromatic nitrogens is 2. The Bertz CT molecular complexity index is 222. The molecule has 4 heteroatoms. The molecule has 0 bridgehead atoms. The van der Waals surface area contributed by atoms with E-state index in [9.17, 15) is 0 Å². The average Bonchev–Trinajstić information content (AvgIpc) is 2.45. The summed E-state index contributed by atoms with van der Waals surface area (Å²) >= 11 is 2.22. The predicted octanol–water partition coefficient (Wildman–Crippen LogP) is 1.49. The molecule has 0 spiro atoms. The lowest BCUT2D eigenvalue weighted by molar-refractivity contribution is 0.593. The second kappa shape index (κ2) is 5.53. The fraction of sp³-hybridized carbons (Fsp3) is 0.625. The van der Waals surface area contributed by atoms with Crippen LogP contribution in [0.4, 0.5) is 0 Å². The smallest absolute Gasteiger partial charge is 0.119 e. The lowest BCUT2D eigenvalue weighted by Crippen LogP contribution is -2.19. The zero-order chi connectivity index (χ0) is 8.81. The molecule has 0 amide bonds. The van der Waals surface area contributed by atoms with Crippen molar-refractivity contribution < 1.29 is 0 Å². The minimum Gasteiger partial charge on any atom is -0.335 e. The Morgan fingerprint density at radius 3 is 3.00 bits per heavy atom. The van der Waals surface area contributed by atoms with E-state index in [4.69, 9.17) is 0 Å². The van der Waals surface area contributed by atoms with Gasteiger partial charge in [-0.25, -0.2) is 4.98 Å². The van der Waals surface area contributed by atoms with Gasteiger partial charge in [-0.05, 0) is 35.6 Å². The Labute approximate surface area is 86.7 Å². The molecule has 0 saturated carbocycles. The zero-order valence-corrected chi connectivity index (χ0v) is 9.41. The first-order valence-electron chi connectivity index (χ1n) is 4.21. The summed E-state index contributed by atoms with van der Waals surface area (Å²) in [4.78, 5) is 4.14. The van der Waals surface area contributed by atoms with Crippen LogP contribution < -0.4 is 5.32 Å². The molecule has 1 aromatic heterocycles. The molecular formula is C8H14IN3. The second-order valence-electron chi connectivity index (χ2n) is 2.68. The Morgan fingerprint density at radius 2 is 2.42 bits per heavy atom. The summed E-state index contributed by atoms with van der Waals surface area (Å²) in [5.41, 5.74) is 0. The summed E-state index contributed by atoms with van der Waals surface area (Å²) in [7, 11) is 0. The molecule has 3 nitrogen and oxygen atoms in total. The van der Waals surface area contributed by atoms with Gasteiger partial charge in [0.2, 0.25) is 0 Å². The quantitative estimate of drug-likeness (QED) is 0.653. The van der Waals surface area contributed by atoms with Crippen molar-refractivity contribution >= 4 is 22.6 Å². The van der Waals surface area contributed by atoms with E-state index in [1.54, 1.807) is 0 Å². The van der Waals surface area contributed by atoms with Gasteiger partial charge in [0.05, 0.1) is 6.33 Å². The van der Waals surface area contributed by atoms with Crippen LogP contribution in [0.15, 0.2) is 12.5 Å². The molecule has 12 heavy (non-hydrogen) atoms. The largest absolute Gasteiger partial charge is 0.335 e. The number of hydrogen-bond acceptors (Lipinski definition) is 2. The normalized spacial score (nSPS) is 10.5. The standard InChI is InChI=1S/C8H14IN3/c1-2-3-10-4-5-12-6-8(9)11-7-12/h6-7,10H,2-5H2,1H3. The highest BCUT2D eigenvalue weighted by atomic mass is 127. The lowest BCUT2D eigenvalue weighted by Gasteiger charge is -2.02. The van der Waals surface area contributed by atoms with Crippen molar-refractivity contribution in [2.75, 3.05) is 13.1 Å². The Hall–Kier alpha value is -0.100. The SMILES string of the molecule is CCCNCCn1cnc(I)c1. The first-order valence-corrected chi connectivity index (χ1v) is 5.29. The van der Waals surface area contributed by atoms with Gasteiger partial charge in [0.15, 0.2) is 0 Å². The number of imidazole rings is 1. The number of hydrogen-bond donors (Lipinski definition) is 1. The molecule has 0 aromatic carbocycles. The van der Waals surface area contributed by atoms with E-state index in [0.717, 1.165) is 23.3 Å². The maximum Gasteiger partial charge on any atom is 0.119 e. The summed E-state index contributed by atoms with van der Waals surface area (Å²) in [5, 5.41) is 3.34. The lowest BCUT2D eigenvalue weighted by atomic mass is 10.5. The highest BCUT2D eigenvalue weighted by Gasteiger charge is 1.92. The maximum atomic E-state index is 4.14. The van der Waals surface area contributed by atoms with Crippen molar-refractivity contribution in [3.05, 3.63) is 16.2 Å². The molecular weight excluding hydrogens is 265 g/mol. The molecule has 0 unspecified atom stereocenters. The van der Waals surface area contributed by atoms with Crippen LogP contribution in [0.3, 0.4) is 0 Å². The minimum absolute atomic E-state index is 1.01. The third-order valence-electron chi connectivity index (χ3n) is 1.58. The van der Waals surface area contributed by atoms with E-state index >= 15 is 0 Å². The second-order valence-corrected chi connectivity index (χ2v) is 3.79. The van der Waals surface area contributed by atoms with Gasteiger partial charge in [0, 0.05) is 19.3 Å². The molecule has 1 N–H and O–H groups in total. The van der Waals surface area contributed by atoms with Crippen molar-refractivity contribution in [2.45, 2.75) is 19.9 Å². The van der Waals surface area contributed by atoms with Crippen LogP contribution in [0.25, 0.3) is 0 Å². The van der Waals surface area contributed by atoms with Gasteiger partial charge in [-0.15, -0.1) is 0 Å². The highest BCUT2D eigenvalue weighted by molar-refractivity contribution is 14.1. The number of halogens is 1. The van der Waals surface area contributed by atoms with Gasteiger partial charge in [-0.3, -0.25) is 0 Å². The van der Waals surface area contributed by atoms with Crippen LogP contribution >= 0.6 is 22.6 Å². The zero-order valence-electron chi connectivity index (χ0n) is 7.26. The first kappa shape index (κ1) is 9.98. The average molecular weight is 279 g/mol. The van der Waals surface area contributed by atoms with Gasteiger partial charge in [0.25, 0.3) is 0 Å². The Morgan fingerprint density at radius 1 is 1.58 bits per heavy atom. The fourth-order valence-electron chi connectivity index (χ4n) is 0.965. The van der Waals surface area contributed by atoms with Gasteiger partial charge in [-0.1, -0.05) is 6.92 Å². The third-order valence-corrected chi connectivity index (χ3v) is 2.13. The maximum absolute atomic E-state index is 4.14. The van der Waals surface area contributed by atoms with Crippen molar-refractivity contribution in [2.24, 2.45) is 0 Å². The molecule has 0 aliphatic carbocycles. The molecule has 1 aromatic rings. The monoisotopic (exact) mass is 279 g/mol. The molecule has 0 radical (unpaired) electrons. The van der Waals surface area contributed by atoms with Crippen LogP contribution in [0.5, 0.6) is 0 Å². The van der Waals surface area contributed by atoms with E-state index in [0.29, 0.717) is 0 Å². The van der Waals surface area contributed by atoms with E-state index in [1.165, 1.54) is 6.42 Å². The van der Waals surface area contributed by atoms with Crippen LogP contribution in [0.2, 0.25) is 0 Å². The molecule has 1 rings (SSSR count). The molecule has 0 aliphatic heterocycles. The molecule has 1 heterocycles. The molecule has 0 aliphatic rings. The van der Waals surface area contributed by atoms with Crippen LogP contribution in [0.1, 0.15) is 13.3 Å². The topological polar surface area (TPSA) is 29.9 Å². The van der Waals surface area contributed by atoms with Gasteiger partial charge in [0.1, 0.15) is 3.70 Å². The van der Waals surface area contributed by atoms with E-state index in [2.05, 4.69) is 44.4 Å². The van der Waals surface area contributed by atoms with Gasteiger partial charge in [-0.2, -0.15) is 0 Å². The highest BCUT2D eigenvalue weighted by Crippen LogP contribution is 1.98. The van der Waals surface area contributed by atoms with Gasteiger partial charge < -0.3 is 9.88 Å². The predicted molar refractivity (Wildman–Crippen MR) is 58.1 cm³/mol.